The van der Waals surface area contributed by atoms with Crippen LogP contribution < -0.4 is 5.43 Å². The molecule has 0 spiro atoms. The lowest BCUT2D eigenvalue weighted by Crippen LogP contribution is -2.44. The number of rotatable bonds is 4. The van der Waals surface area contributed by atoms with E-state index in [0.29, 0.717) is 21.3 Å². The third-order valence-electron chi connectivity index (χ3n) is 4.04. The zero-order chi connectivity index (χ0) is 19.5. The van der Waals surface area contributed by atoms with Gasteiger partial charge in [-0.15, -0.1) is 0 Å². The Labute approximate surface area is 170 Å². The van der Waals surface area contributed by atoms with Crippen molar-refractivity contribution < 1.29 is 14.0 Å². The lowest BCUT2D eigenvalue weighted by atomic mass is 10.2. The van der Waals surface area contributed by atoms with E-state index in [-0.39, 0.29) is 5.91 Å². The number of carbonyl (C=O) groups is 2. The molecule has 1 atom stereocenters. The van der Waals surface area contributed by atoms with Gasteiger partial charge in [0.05, 0.1) is 11.2 Å². The average molecular weight is 412 g/mol. The zero-order valence-electron chi connectivity index (χ0n) is 14.4. The van der Waals surface area contributed by atoms with E-state index in [1.54, 1.807) is 42.5 Å². The number of nitrogens with one attached hydrogen (secondary N) is 1. The summed E-state index contributed by atoms with van der Waals surface area (Å²) in [7, 11) is 0. The molecule has 1 N–H and O–H groups in total. The standard InChI is InChI=1S/C20H14ClN3O3S/c21-15-5-3-14(4-6-15)20-24(23-18(25)13-7-9-22-10-8-13)19(26)17(28-20)12-16-2-1-11-27-16/h1-12,20H,(H,23,25). The zero-order valence-corrected chi connectivity index (χ0v) is 16.0. The fourth-order valence-electron chi connectivity index (χ4n) is 2.68. The second-order valence-corrected chi connectivity index (χ2v) is 7.46. The number of hydrazine groups is 1. The van der Waals surface area contributed by atoms with Crippen LogP contribution in [0.4, 0.5) is 0 Å². The molecule has 4 rings (SSSR count). The van der Waals surface area contributed by atoms with Crippen molar-refractivity contribution in [1.29, 1.82) is 0 Å². The van der Waals surface area contributed by atoms with E-state index in [9.17, 15) is 9.59 Å². The third kappa shape index (κ3) is 3.81. The Morgan fingerprint density at radius 1 is 1.18 bits per heavy atom. The Morgan fingerprint density at radius 3 is 2.61 bits per heavy atom. The lowest BCUT2D eigenvalue weighted by Gasteiger charge is -2.24. The van der Waals surface area contributed by atoms with E-state index in [2.05, 4.69) is 10.4 Å². The predicted octanol–water partition coefficient (Wildman–Crippen LogP) is 4.29. The fraction of sp³-hybridized carbons (Fsp3) is 0.0500. The van der Waals surface area contributed by atoms with E-state index < -0.39 is 11.3 Å². The number of nitrogens with zero attached hydrogens (tertiary/aromatic N) is 2. The number of carbonyl (C=O) groups excluding carboxylic acids is 2. The maximum atomic E-state index is 13.0. The Balaban J connectivity index is 1.66. The minimum absolute atomic E-state index is 0.316. The van der Waals surface area contributed by atoms with Gasteiger partial charge < -0.3 is 4.42 Å². The maximum Gasteiger partial charge on any atom is 0.280 e. The van der Waals surface area contributed by atoms with Gasteiger partial charge in [-0.1, -0.05) is 35.5 Å². The summed E-state index contributed by atoms with van der Waals surface area (Å²) in [5, 5.41) is 1.49. The summed E-state index contributed by atoms with van der Waals surface area (Å²) in [5.41, 5.74) is 3.95. The number of halogens is 1. The van der Waals surface area contributed by atoms with Crippen molar-refractivity contribution in [2.24, 2.45) is 0 Å². The van der Waals surface area contributed by atoms with Gasteiger partial charge in [0.15, 0.2) is 0 Å². The average Bonchev–Trinajstić information content (AvgIpc) is 3.33. The van der Waals surface area contributed by atoms with Gasteiger partial charge in [-0.25, -0.2) is 5.01 Å². The highest BCUT2D eigenvalue weighted by atomic mass is 35.5. The van der Waals surface area contributed by atoms with Gasteiger partial charge >= 0.3 is 0 Å². The van der Waals surface area contributed by atoms with Crippen molar-refractivity contribution in [2.45, 2.75) is 5.37 Å². The van der Waals surface area contributed by atoms with Crippen LogP contribution in [0.15, 0.2) is 76.5 Å². The Hall–Kier alpha value is -3.03. The van der Waals surface area contributed by atoms with Gasteiger partial charge in [0, 0.05) is 29.1 Å². The predicted molar refractivity (Wildman–Crippen MR) is 107 cm³/mol. The first-order valence-corrected chi connectivity index (χ1v) is 9.59. The molecule has 2 aromatic heterocycles. The van der Waals surface area contributed by atoms with Crippen molar-refractivity contribution in [3.8, 4) is 0 Å². The van der Waals surface area contributed by atoms with Crippen LogP contribution in [-0.4, -0.2) is 21.8 Å². The SMILES string of the molecule is O=C(NN1C(=O)C(=Cc2ccco2)SC1c1ccc(Cl)cc1)c1ccncc1. The molecular formula is C20H14ClN3O3S. The highest BCUT2D eigenvalue weighted by Crippen LogP contribution is 2.45. The van der Waals surface area contributed by atoms with Crippen LogP contribution in [0.3, 0.4) is 0 Å². The van der Waals surface area contributed by atoms with Gasteiger partial charge in [-0.3, -0.25) is 20.0 Å². The molecule has 0 bridgehead atoms. The van der Waals surface area contributed by atoms with Crippen molar-refractivity contribution in [1.82, 2.24) is 15.4 Å². The molecule has 1 fully saturated rings. The number of aromatic nitrogens is 1. The molecule has 1 aromatic carbocycles. The van der Waals surface area contributed by atoms with Crippen LogP contribution in [0, 0.1) is 0 Å². The van der Waals surface area contributed by atoms with Gasteiger partial charge in [0.1, 0.15) is 11.1 Å². The molecule has 28 heavy (non-hydrogen) atoms. The number of hydrogen-bond acceptors (Lipinski definition) is 5. The molecule has 1 aliphatic heterocycles. The lowest BCUT2D eigenvalue weighted by molar-refractivity contribution is -0.128. The molecule has 3 aromatic rings. The van der Waals surface area contributed by atoms with Crippen molar-refractivity contribution in [2.75, 3.05) is 0 Å². The molecule has 1 aliphatic rings. The van der Waals surface area contributed by atoms with E-state index in [4.69, 9.17) is 16.0 Å². The summed E-state index contributed by atoms with van der Waals surface area (Å²) < 4.78 is 5.31. The van der Waals surface area contributed by atoms with Crippen molar-refractivity contribution in [3.63, 3.8) is 0 Å². The van der Waals surface area contributed by atoms with Gasteiger partial charge in [-0.05, 0) is 42.0 Å². The Morgan fingerprint density at radius 2 is 1.93 bits per heavy atom. The summed E-state index contributed by atoms with van der Waals surface area (Å²) in [6, 6.07) is 13.8. The molecule has 140 valence electrons. The quantitative estimate of drug-likeness (QED) is 0.648. The van der Waals surface area contributed by atoms with Crippen LogP contribution in [0.1, 0.15) is 27.1 Å². The van der Waals surface area contributed by atoms with E-state index in [0.717, 1.165) is 5.56 Å². The molecule has 1 unspecified atom stereocenters. The summed E-state index contributed by atoms with van der Waals surface area (Å²) in [6.45, 7) is 0. The molecular weight excluding hydrogens is 398 g/mol. The normalized spacial score (nSPS) is 17.9. The monoisotopic (exact) mass is 411 g/mol. The topological polar surface area (TPSA) is 75.4 Å². The summed E-state index contributed by atoms with van der Waals surface area (Å²) in [4.78, 5) is 30.0. The van der Waals surface area contributed by atoms with E-state index >= 15 is 0 Å². The first-order chi connectivity index (χ1) is 13.6. The number of amides is 2. The van der Waals surface area contributed by atoms with Crippen LogP contribution in [0.5, 0.6) is 0 Å². The Kier molecular flexibility index (Phi) is 5.18. The number of thioether (sulfide) groups is 1. The minimum atomic E-state index is -0.434. The maximum absolute atomic E-state index is 13.0. The van der Waals surface area contributed by atoms with Crippen molar-refractivity contribution >= 4 is 41.3 Å². The number of hydrogen-bond donors (Lipinski definition) is 1. The van der Waals surface area contributed by atoms with Gasteiger partial charge in [0.2, 0.25) is 0 Å². The van der Waals surface area contributed by atoms with E-state index in [1.807, 2.05) is 12.1 Å². The van der Waals surface area contributed by atoms with Crippen molar-refractivity contribution in [3.05, 3.63) is 94.0 Å². The van der Waals surface area contributed by atoms with Crippen LogP contribution in [-0.2, 0) is 4.79 Å². The molecule has 0 radical (unpaired) electrons. The molecule has 8 heteroatoms. The summed E-state index contributed by atoms with van der Waals surface area (Å²) >= 11 is 7.31. The second-order valence-electron chi connectivity index (χ2n) is 5.90. The molecule has 1 saturated heterocycles. The number of benzene rings is 1. The van der Waals surface area contributed by atoms with Gasteiger partial charge in [-0.2, -0.15) is 0 Å². The molecule has 2 amide bonds. The fourth-order valence-corrected chi connectivity index (χ4v) is 3.98. The second kappa shape index (κ2) is 7.92. The molecule has 0 saturated carbocycles. The molecule has 3 heterocycles. The highest BCUT2D eigenvalue weighted by molar-refractivity contribution is 8.04. The minimum Gasteiger partial charge on any atom is -0.465 e. The largest absolute Gasteiger partial charge is 0.465 e. The van der Waals surface area contributed by atoms with E-state index in [1.165, 1.54) is 35.4 Å². The first kappa shape index (κ1) is 18.3. The van der Waals surface area contributed by atoms with Gasteiger partial charge in [0.25, 0.3) is 11.8 Å². The first-order valence-electron chi connectivity index (χ1n) is 8.34. The molecule has 0 aliphatic carbocycles. The van der Waals surface area contributed by atoms with Crippen LogP contribution in [0.25, 0.3) is 6.08 Å². The third-order valence-corrected chi connectivity index (χ3v) is 5.54. The Bertz CT molecular complexity index is 1020. The smallest absolute Gasteiger partial charge is 0.280 e. The number of pyridine rings is 1. The highest BCUT2D eigenvalue weighted by Gasteiger charge is 2.38. The summed E-state index contributed by atoms with van der Waals surface area (Å²) in [6.07, 6.45) is 6.24. The van der Waals surface area contributed by atoms with Crippen LogP contribution >= 0.6 is 23.4 Å². The summed E-state index contributed by atoms with van der Waals surface area (Å²) in [5.74, 6) is -0.147. The molecule has 6 nitrogen and oxygen atoms in total. The van der Waals surface area contributed by atoms with Crippen LogP contribution in [0.2, 0.25) is 5.02 Å². The number of furan rings is 1.